The lowest BCUT2D eigenvalue weighted by Crippen LogP contribution is -2.31. The number of rotatable bonds is 6. The first-order chi connectivity index (χ1) is 12.7. The molecule has 1 aromatic heterocycles. The number of para-hydroxylation sites is 1. The molecule has 0 saturated carbocycles. The van der Waals surface area contributed by atoms with E-state index in [9.17, 15) is 4.79 Å². The smallest absolute Gasteiger partial charge is 0.274 e. The van der Waals surface area contributed by atoms with E-state index in [4.69, 9.17) is 0 Å². The molecule has 5 heteroatoms. The summed E-state index contributed by atoms with van der Waals surface area (Å²) in [5.41, 5.74) is 2.46. The fourth-order valence-corrected chi connectivity index (χ4v) is 2.68. The molecule has 0 spiro atoms. The van der Waals surface area contributed by atoms with Crippen molar-refractivity contribution < 1.29 is 4.79 Å². The van der Waals surface area contributed by atoms with Crippen LogP contribution in [0.4, 0.5) is 11.5 Å². The lowest BCUT2D eigenvalue weighted by Gasteiger charge is -2.21. The summed E-state index contributed by atoms with van der Waals surface area (Å²) in [6, 6.07) is 19.9. The number of benzene rings is 2. The molecule has 0 atom stereocenters. The van der Waals surface area contributed by atoms with Crippen molar-refractivity contribution in [1.29, 1.82) is 0 Å². The maximum atomic E-state index is 12.7. The van der Waals surface area contributed by atoms with Crippen molar-refractivity contribution in [1.82, 2.24) is 14.9 Å². The van der Waals surface area contributed by atoms with Gasteiger partial charge in [0.1, 0.15) is 5.69 Å². The highest BCUT2D eigenvalue weighted by Crippen LogP contribution is 2.20. The minimum absolute atomic E-state index is 0.113. The summed E-state index contributed by atoms with van der Waals surface area (Å²) in [6.45, 7) is 3.14. The van der Waals surface area contributed by atoms with Crippen LogP contribution < -0.4 is 4.90 Å². The zero-order valence-corrected chi connectivity index (χ0v) is 15.0. The third kappa shape index (κ3) is 4.06. The van der Waals surface area contributed by atoms with Crippen LogP contribution in [-0.2, 0) is 6.54 Å². The molecule has 0 N–H and O–H groups in total. The molecule has 5 nitrogen and oxygen atoms in total. The molecule has 0 aliphatic carbocycles. The van der Waals surface area contributed by atoms with E-state index < -0.39 is 0 Å². The van der Waals surface area contributed by atoms with Crippen LogP contribution in [-0.4, -0.2) is 34.4 Å². The van der Waals surface area contributed by atoms with Gasteiger partial charge in [0.2, 0.25) is 0 Å². The zero-order valence-electron chi connectivity index (χ0n) is 15.0. The van der Waals surface area contributed by atoms with Crippen LogP contribution in [0.1, 0.15) is 23.0 Å². The lowest BCUT2D eigenvalue weighted by atomic mass is 10.2. The van der Waals surface area contributed by atoms with Crippen LogP contribution in [0, 0.1) is 0 Å². The maximum absolute atomic E-state index is 12.7. The molecule has 3 rings (SSSR count). The molecule has 1 amide bonds. The summed E-state index contributed by atoms with van der Waals surface area (Å²) in [6.07, 6.45) is 3.18. The van der Waals surface area contributed by atoms with Gasteiger partial charge in [0, 0.05) is 25.8 Å². The summed E-state index contributed by atoms with van der Waals surface area (Å²) in [4.78, 5) is 25.2. The first-order valence-electron chi connectivity index (χ1n) is 8.63. The van der Waals surface area contributed by atoms with Crippen molar-refractivity contribution in [3.05, 3.63) is 84.3 Å². The van der Waals surface area contributed by atoms with Crippen LogP contribution in [0.25, 0.3) is 0 Å². The van der Waals surface area contributed by atoms with Crippen molar-refractivity contribution in [3.8, 4) is 0 Å². The SMILES string of the molecule is CCN(Cc1ccccc1)C(=O)c1cnc(N(C)c2ccccc2)cn1. The quantitative estimate of drug-likeness (QED) is 0.679. The number of carbonyl (C=O) groups is 1. The van der Waals surface area contributed by atoms with Crippen molar-refractivity contribution in [3.63, 3.8) is 0 Å². The molecular weight excluding hydrogens is 324 g/mol. The van der Waals surface area contributed by atoms with E-state index in [1.165, 1.54) is 0 Å². The summed E-state index contributed by atoms with van der Waals surface area (Å²) in [5.74, 6) is 0.580. The number of hydrogen-bond acceptors (Lipinski definition) is 4. The van der Waals surface area contributed by atoms with E-state index in [1.807, 2.05) is 79.5 Å². The molecule has 0 aliphatic heterocycles. The Kier molecular flexibility index (Phi) is 5.59. The third-order valence-corrected chi connectivity index (χ3v) is 4.23. The van der Waals surface area contributed by atoms with Crippen LogP contribution in [0.15, 0.2) is 73.1 Å². The topological polar surface area (TPSA) is 49.3 Å². The Hall–Kier alpha value is -3.21. The summed E-state index contributed by atoms with van der Waals surface area (Å²) >= 11 is 0. The van der Waals surface area contributed by atoms with Crippen LogP contribution in [0.5, 0.6) is 0 Å². The van der Waals surface area contributed by atoms with Gasteiger partial charge in [0.05, 0.1) is 12.4 Å². The van der Waals surface area contributed by atoms with Gasteiger partial charge in [-0.05, 0) is 24.6 Å². The molecule has 0 fully saturated rings. The van der Waals surface area contributed by atoms with E-state index >= 15 is 0 Å². The van der Waals surface area contributed by atoms with Gasteiger partial charge < -0.3 is 9.80 Å². The van der Waals surface area contributed by atoms with E-state index in [2.05, 4.69) is 9.97 Å². The maximum Gasteiger partial charge on any atom is 0.274 e. The van der Waals surface area contributed by atoms with E-state index in [1.54, 1.807) is 17.3 Å². The number of anilines is 2. The Balaban J connectivity index is 1.73. The molecule has 0 aliphatic rings. The van der Waals surface area contributed by atoms with Gasteiger partial charge in [0.15, 0.2) is 5.82 Å². The summed E-state index contributed by atoms with van der Waals surface area (Å²) < 4.78 is 0. The zero-order chi connectivity index (χ0) is 18.4. The standard InChI is InChI=1S/C21H22N4O/c1-3-25(16-17-10-6-4-7-11-17)21(26)19-14-23-20(15-22-19)24(2)18-12-8-5-9-13-18/h4-15H,3,16H2,1-2H3. The average molecular weight is 346 g/mol. The average Bonchev–Trinajstić information content (AvgIpc) is 2.72. The lowest BCUT2D eigenvalue weighted by molar-refractivity contribution is 0.0746. The predicted molar refractivity (Wildman–Crippen MR) is 103 cm³/mol. The van der Waals surface area contributed by atoms with E-state index in [-0.39, 0.29) is 5.91 Å². The van der Waals surface area contributed by atoms with Gasteiger partial charge in [-0.2, -0.15) is 0 Å². The first kappa shape index (κ1) is 17.6. The third-order valence-electron chi connectivity index (χ3n) is 4.23. The second-order valence-electron chi connectivity index (χ2n) is 5.96. The number of amides is 1. The highest BCUT2D eigenvalue weighted by Gasteiger charge is 2.17. The fraction of sp³-hybridized carbons (Fsp3) is 0.190. The van der Waals surface area contributed by atoms with Crippen LogP contribution in [0.3, 0.4) is 0 Å². The highest BCUT2D eigenvalue weighted by atomic mass is 16.2. The van der Waals surface area contributed by atoms with Crippen molar-refractivity contribution in [2.24, 2.45) is 0 Å². The minimum Gasteiger partial charge on any atom is -0.333 e. The largest absolute Gasteiger partial charge is 0.333 e. The molecule has 0 bridgehead atoms. The van der Waals surface area contributed by atoms with Gasteiger partial charge in [-0.15, -0.1) is 0 Å². The molecule has 0 unspecified atom stereocenters. The Morgan fingerprint density at radius 2 is 1.58 bits per heavy atom. The Morgan fingerprint density at radius 3 is 2.15 bits per heavy atom. The van der Waals surface area contributed by atoms with Gasteiger partial charge in [-0.1, -0.05) is 48.5 Å². The van der Waals surface area contributed by atoms with E-state index in [0.29, 0.717) is 24.6 Å². The Morgan fingerprint density at radius 1 is 0.923 bits per heavy atom. The van der Waals surface area contributed by atoms with Crippen molar-refractivity contribution in [2.45, 2.75) is 13.5 Å². The predicted octanol–water partition coefficient (Wildman–Crippen LogP) is 3.91. The Labute approximate surface area is 153 Å². The van der Waals surface area contributed by atoms with Gasteiger partial charge in [-0.25, -0.2) is 9.97 Å². The fourth-order valence-electron chi connectivity index (χ4n) is 2.68. The molecular formula is C21H22N4O. The molecule has 0 radical (unpaired) electrons. The summed E-state index contributed by atoms with van der Waals surface area (Å²) in [5, 5.41) is 0. The second kappa shape index (κ2) is 8.25. The van der Waals surface area contributed by atoms with Crippen LogP contribution >= 0.6 is 0 Å². The normalized spacial score (nSPS) is 10.4. The van der Waals surface area contributed by atoms with Crippen molar-refractivity contribution >= 4 is 17.4 Å². The second-order valence-corrected chi connectivity index (χ2v) is 5.96. The molecule has 26 heavy (non-hydrogen) atoms. The van der Waals surface area contributed by atoms with Gasteiger partial charge in [0.25, 0.3) is 5.91 Å². The highest BCUT2D eigenvalue weighted by molar-refractivity contribution is 5.92. The molecule has 132 valence electrons. The van der Waals surface area contributed by atoms with Crippen LogP contribution in [0.2, 0.25) is 0 Å². The monoisotopic (exact) mass is 346 g/mol. The molecule has 3 aromatic rings. The number of aromatic nitrogens is 2. The number of nitrogens with zero attached hydrogens (tertiary/aromatic N) is 4. The molecule has 0 saturated heterocycles. The van der Waals surface area contributed by atoms with Gasteiger partial charge >= 0.3 is 0 Å². The van der Waals surface area contributed by atoms with Crippen molar-refractivity contribution in [2.75, 3.05) is 18.5 Å². The van der Waals surface area contributed by atoms with E-state index in [0.717, 1.165) is 11.3 Å². The Bertz CT molecular complexity index is 835. The first-order valence-corrected chi connectivity index (χ1v) is 8.63. The molecule has 2 aromatic carbocycles. The number of hydrogen-bond donors (Lipinski definition) is 0. The number of carbonyl (C=O) groups excluding carboxylic acids is 1. The van der Waals surface area contributed by atoms with Gasteiger partial charge in [-0.3, -0.25) is 4.79 Å². The summed E-state index contributed by atoms with van der Waals surface area (Å²) in [7, 11) is 1.93. The molecule has 1 heterocycles. The minimum atomic E-state index is -0.113.